The normalized spacial score (nSPS) is 22.6. The Morgan fingerprint density at radius 2 is 1.91 bits per heavy atom. The van der Waals surface area contributed by atoms with Gasteiger partial charge in [-0.2, -0.15) is 4.98 Å². The Morgan fingerprint density at radius 3 is 2.57 bits per heavy atom. The van der Waals surface area contributed by atoms with E-state index in [2.05, 4.69) is 15.6 Å². The Bertz CT molecular complexity index is 1190. The molecule has 1 saturated carbocycles. The second-order valence-corrected chi connectivity index (χ2v) is 10.7. The quantitative estimate of drug-likeness (QED) is 0.296. The van der Waals surface area contributed by atoms with Crippen LogP contribution in [0.25, 0.3) is 20.8 Å². The SMILES string of the molecule is CCOCC(C)(C)Nc1nc(C)c(-c2nc3c(C)nccc3s2)c(N[C@@H]2C[C@H](CO)[C@@H](O)[C@H]2O)n1. The van der Waals surface area contributed by atoms with Crippen molar-refractivity contribution < 1.29 is 20.1 Å². The number of aliphatic hydroxyl groups is 3. The van der Waals surface area contributed by atoms with Crippen LogP contribution in [0.2, 0.25) is 0 Å². The fraction of sp³-hybridized carbons (Fsp3) is 0.583. The zero-order valence-corrected chi connectivity index (χ0v) is 21.6. The number of aliphatic hydroxyl groups excluding tert-OH is 3. The number of hydrogen-bond acceptors (Lipinski definition) is 11. The number of aromatic nitrogens is 4. The van der Waals surface area contributed by atoms with E-state index >= 15 is 0 Å². The standard InChI is InChI=1S/C24H34N6O4S/c1-6-34-11-24(4,5)30-23-26-12(2)17(22-28-18-13(3)25-8-7-16(18)35-22)21(29-23)27-15-9-14(10-31)19(32)20(15)33/h7-8,14-15,19-20,31-33H,6,9-11H2,1-5H3,(H2,26,27,29,30)/t14-,15-,19-,20+/m1/s1. The topological polar surface area (TPSA) is 146 Å². The van der Waals surface area contributed by atoms with Gasteiger partial charge in [0.1, 0.15) is 22.4 Å². The first kappa shape index (κ1) is 25.6. The van der Waals surface area contributed by atoms with Crippen molar-refractivity contribution in [1.29, 1.82) is 0 Å². The number of thiazole rings is 1. The smallest absolute Gasteiger partial charge is 0.225 e. The van der Waals surface area contributed by atoms with E-state index in [9.17, 15) is 15.3 Å². The highest BCUT2D eigenvalue weighted by molar-refractivity contribution is 7.21. The fourth-order valence-electron chi connectivity index (χ4n) is 4.40. The maximum Gasteiger partial charge on any atom is 0.225 e. The Morgan fingerprint density at radius 1 is 1.14 bits per heavy atom. The van der Waals surface area contributed by atoms with E-state index in [1.807, 2.05) is 40.7 Å². The molecule has 0 unspecified atom stereocenters. The van der Waals surface area contributed by atoms with Crippen LogP contribution in [0, 0.1) is 19.8 Å². The first-order valence-electron chi connectivity index (χ1n) is 11.8. The van der Waals surface area contributed by atoms with Gasteiger partial charge in [0.15, 0.2) is 0 Å². The molecule has 4 rings (SSSR count). The van der Waals surface area contributed by atoms with Crippen molar-refractivity contribution in [3.63, 3.8) is 0 Å². The average molecular weight is 503 g/mol. The number of rotatable bonds is 9. The van der Waals surface area contributed by atoms with Crippen LogP contribution in [0.4, 0.5) is 11.8 Å². The first-order chi connectivity index (χ1) is 16.6. The molecule has 0 amide bonds. The molecule has 0 radical (unpaired) electrons. The van der Waals surface area contributed by atoms with Gasteiger partial charge in [0.25, 0.3) is 0 Å². The summed E-state index contributed by atoms with van der Waals surface area (Å²) in [6, 6.07) is 1.44. The minimum atomic E-state index is -1.04. The molecule has 10 nitrogen and oxygen atoms in total. The summed E-state index contributed by atoms with van der Waals surface area (Å²) in [6.45, 7) is 10.7. The van der Waals surface area contributed by atoms with Gasteiger partial charge in [0.05, 0.1) is 45.9 Å². The Balaban J connectivity index is 1.76. The van der Waals surface area contributed by atoms with Crippen molar-refractivity contribution in [1.82, 2.24) is 19.9 Å². The Labute approximate surface area is 208 Å². The van der Waals surface area contributed by atoms with Crippen molar-refractivity contribution >= 4 is 33.3 Å². The number of ether oxygens (including phenoxy) is 1. The second kappa shape index (κ2) is 10.3. The lowest BCUT2D eigenvalue weighted by Crippen LogP contribution is -2.38. The number of aryl methyl sites for hydroxylation is 2. The molecule has 0 saturated heterocycles. The van der Waals surface area contributed by atoms with Gasteiger partial charge in [0, 0.05) is 25.3 Å². The summed E-state index contributed by atoms with van der Waals surface area (Å²) in [6.07, 6.45) is 0.120. The molecule has 1 fully saturated rings. The molecule has 0 spiro atoms. The molecule has 35 heavy (non-hydrogen) atoms. The fourth-order valence-corrected chi connectivity index (χ4v) is 5.51. The third-order valence-electron chi connectivity index (χ3n) is 6.27. The highest BCUT2D eigenvalue weighted by atomic mass is 32.1. The lowest BCUT2D eigenvalue weighted by atomic mass is 10.1. The van der Waals surface area contributed by atoms with E-state index < -0.39 is 29.7 Å². The Hall–Kier alpha value is -2.44. The summed E-state index contributed by atoms with van der Waals surface area (Å²) in [7, 11) is 0. The molecule has 3 heterocycles. The summed E-state index contributed by atoms with van der Waals surface area (Å²) >= 11 is 1.52. The predicted molar refractivity (Wildman–Crippen MR) is 137 cm³/mol. The molecule has 3 aromatic heterocycles. The summed E-state index contributed by atoms with van der Waals surface area (Å²) in [5.41, 5.74) is 2.70. The first-order valence-corrected chi connectivity index (χ1v) is 12.7. The van der Waals surface area contributed by atoms with E-state index in [1.165, 1.54) is 11.3 Å². The van der Waals surface area contributed by atoms with Gasteiger partial charge < -0.3 is 30.7 Å². The number of nitrogens with zero attached hydrogens (tertiary/aromatic N) is 4. The average Bonchev–Trinajstić information content (AvgIpc) is 3.34. The lowest BCUT2D eigenvalue weighted by Gasteiger charge is -2.27. The van der Waals surface area contributed by atoms with E-state index in [1.54, 1.807) is 6.20 Å². The van der Waals surface area contributed by atoms with Crippen LogP contribution in [-0.2, 0) is 4.74 Å². The molecule has 4 atom stereocenters. The predicted octanol–water partition coefficient (Wildman–Crippen LogP) is 2.51. The number of anilines is 2. The van der Waals surface area contributed by atoms with Crippen molar-refractivity contribution in [2.45, 2.75) is 64.8 Å². The summed E-state index contributed by atoms with van der Waals surface area (Å²) in [5.74, 6) is 0.517. The molecule has 11 heteroatoms. The van der Waals surface area contributed by atoms with E-state index in [-0.39, 0.29) is 6.61 Å². The number of nitrogens with one attached hydrogen (secondary N) is 2. The minimum absolute atomic E-state index is 0.200. The largest absolute Gasteiger partial charge is 0.396 e. The highest BCUT2D eigenvalue weighted by Crippen LogP contribution is 2.38. The molecule has 0 aliphatic heterocycles. The van der Waals surface area contributed by atoms with Crippen LogP contribution < -0.4 is 10.6 Å². The van der Waals surface area contributed by atoms with Crippen molar-refractivity contribution in [3.8, 4) is 10.6 Å². The Kier molecular flexibility index (Phi) is 7.53. The molecule has 5 N–H and O–H groups in total. The van der Waals surface area contributed by atoms with Gasteiger partial charge in [-0.25, -0.2) is 9.97 Å². The zero-order chi connectivity index (χ0) is 25.3. The van der Waals surface area contributed by atoms with Crippen molar-refractivity contribution in [3.05, 3.63) is 23.7 Å². The maximum atomic E-state index is 10.6. The summed E-state index contributed by atoms with van der Waals surface area (Å²) < 4.78 is 6.60. The van der Waals surface area contributed by atoms with Gasteiger partial charge >= 0.3 is 0 Å². The molecule has 3 aromatic rings. The molecule has 0 aromatic carbocycles. The van der Waals surface area contributed by atoms with Crippen LogP contribution in [0.3, 0.4) is 0 Å². The van der Waals surface area contributed by atoms with Crippen LogP contribution in [0.15, 0.2) is 12.3 Å². The van der Waals surface area contributed by atoms with Gasteiger partial charge in [-0.3, -0.25) is 4.98 Å². The maximum absolute atomic E-state index is 10.6. The summed E-state index contributed by atoms with van der Waals surface area (Å²) in [5, 5.41) is 38.0. The summed E-state index contributed by atoms with van der Waals surface area (Å²) in [4.78, 5) is 18.7. The van der Waals surface area contributed by atoms with Gasteiger partial charge in [-0.15, -0.1) is 11.3 Å². The molecule has 190 valence electrons. The van der Waals surface area contributed by atoms with Gasteiger partial charge in [-0.1, -0.05) is 0 Å². The number of fused-ring (bicyclic) bond motifs is 1. The molecular weight excluding hydrogens is 468 g/mol. The highest BCUT2D eigenvalue weighted by Gasteiger charge is 2.41. The number of hydrogen-bond donors (Lipinski definition) is 5. The molecular formula is C24H34N6O4S. The lowest BCUT2D eigenvalue weighted by molar-refractivity contribution is 0.00446. The van der Waals surface area contributed by atoms with Crippen LogP contribution in [0.5, 0.6) is 0 Å². The molecule has 0 bridgehead atoms. The zero-order valence-electron chi connectivity index (χ0n) is 20.7. The monoisotopic (exact) mass is 502 g/mol. The van der Waals surface area contributed by atoms with E-state index in [4.69, 9.17) is 19.7 Å². The van der Waals surface area contributed by atoms with Crippen LogP contribution >= 0.6 is 11.3 Å². The third kappa shape index (κ3) is 5.39. The van der Waals surface area contributed by atoms with E-state index in [0.29, 0.717) is 37.1 Å². The molecule has 1 aliphatic carbocycles. The number of pyridine rings is 1. The molecule has 1 aliphatic rings. The van der Waals surface area contributed by atoms with E-state index in [0.717, 1.165) is 26.5 Å². The third-order valence-corrected chi connectivity index (χ3v) is 7.31. The van der Waals surface area contributed by atoms with Gasteiger partial charge in [-0.05, 0) is 47.1 Å². The van der Waals surface area contributed by atoms with Crippen LogP contribution in [0.1, 0.15) is 38.6 Å². The minimum Gasteiger partial charge on any atom is -0.396 e. The van der Waals surface area contributed by atoms with Crippen molar-refractivity contribution in [2.75, 3.05) is 30.5 Å². The van der Waals surface area contributed by atoms with Gasteiger partial charge in [0.2, 0.25) is 5.95 Å². The van der Waals surface area contributed by atoms with Crippen molar-refractivity contribution in [2.24, 2.45) is 5.92 Å². The second-order valence-electron chi connectivity index (χ2n) is 9.67. The van der Waals surface area contributed by atoms with Crippen LogP contribution in [-0.4, -0.2) is 78.9 Å².